The minimum absolute atomic E-state index is 0.797. The molecule has 0 spiro atoms. The summed E-state index contributed by atoms with van der Waals surface area (Å²) in [5, 5.41) is 3.94. The van der Waals surface area contributed by atoms with Crippen LogP contribution in [0.1, 0.15) is 0 Å². The van der Waals surface area contributed by atoms with Crippen molar-refractivity contribution in [2.24, 2.45) is 0 Å². The lowest BCUT2D eigenvalue weighted by molar-refractivity contribution is 0.950. The van der Waals surface area contributed by atoms with E-state index in [0.29, 0.717) is 0 Å². The molecule has 0 unspecified atom stereocenters. The normalized spacial score (nSPS) is 10.5. The van der Waals surface area contributed by atoms with Gasteiger partial charge in [-0.1, -0.05) is 0 Å². The van der Waals surface area contributed by atoms with Crippen molar-refractivity contribution in [1.29, 1.82) is 0 Å². The highest BCUT2D eigenvalue weighted by Crippen LogP contribution is 2.09. The van der Waals surface area contributed by atoms with Crippen LogP contribution >= 0.6 is 12.6 Å². The second-order valence-corrected chi connectivity index (χ2v) is 2.40. The predicted molar refractivity (Wildman–Crippen MR) is 40.2 cm³/mol. The van der Waals surface area contributed by atoms with Gasteiger partial charge in [0.2, 0.25) is 0 Å². The molecule has 0 N–H and O–H groups in total. The molecule has 0 aliphatic carbocycles. The van der Waals surface area contributed by atoms with Crippen molar-refractivity contribution < 1.29 is 0 Å². The Morgan fingerprint density at radius 3 is 3.20 bits per heavy atom. The molecular weight excluding hydrogens is 146 g/mol. The van der Waals surface area contributed by atoms with Gasteiger partial charge < -0.3 is 0 Å². The first-order valence-corrected chi connectivity index (χ1v) is 3.30. The van der Waals surface area contributed by atoms with Crippen molar-refractivity contribution in [3.8, 4) is 0 Å². The summed E-state index contributed by atoms with van der Waals surface area (Å²) in [6, 6.07) is 3.76. The van der Waals surface area contributed by atoms with Gasteiger partial charge in [0, 0.05) is 11.1 Å². The first-order valence-electron chi connectivity index (χ1n) is 2.85. The highest BCUT2D eigenvalue weighted by Gasteiger charge is 1.95. The third-order valence-corrected chi connectivity index (χ3v) is 1.63. The number of thiol groups is 1. The Hall–Kier alpha value is -1.03. The van der Waals surface area contributed by atoms with Crippen molar-refractivity contribution in [3.63, 3.8) is 0 Å². The molecule has 3 nitrogen and oxygen atoms in total. The van der Waals surface area contributed by atoms with Crippen LogP contribution in [0.2, 0.25) is 0 Å². The molecule has 50 valence electrons. The Morgan fingerprint density at radius 2 is 2.40 bits per heavy atom. The molecule has 0 aromatic carbocycles. The number of hydrogen-bond acceptors (Lipinski definition) is 3. The van der Waals surface area contributed by atoms with E-state index in [4.69, 9.17) is 0 Å². The fourth-order valence-corrected chi connectivity index (χ4v) is 1.08. The van der Waals surface area contributed by atoms with Gasteiger partial charge in [-0.15, -0.1) is 12.6 Å². The molecule has 2 aromatic rings. The molecule has 0 fully saturated rings. The Morgan fingerprint density at radius 1 is 1.50 bits per heavy atom. The summed E-state index contributed by atoms with van der Waals surface area (Å²) in [7, 11) is 0. The van der Waals surface area contributed by atoms with Crippen molar-refractivity contribution in [3.05, 3.63) is 24.7 Å². The molecule has 2 rings (SSSR count). The van der Waals surface area contributed by atoms with Crippen LogP contribution in [0.3, 0.4) is 0 Å². The average molecular weight is 151 g/mol. The van der Waals surface area contributed by atoms with E-state index in [-0.39, 0.29) is 0 Å². The van der Waals surface area contributed by atoms with Gasteiger partial charge in [0.25, 0.3) is 0 Å². The fourth-order valence-electron chi connectivity index (χ4n) is 0.833. The number of fused-ring (bicyclic) bond motifs is 1. The topological polar surface area (TPSA) is 30.2 Å². The first kappa shape index (κ1) is 5.73. The Bertz CT molecular complexity index is 355. The maximum absolute atomic E-state index is 4.19. The summed E-state index contributed by atoms with van der Waals surface area (Å²) in [5.41, 5.74) is 0.797. The number of nitrogens with zero attached hydrogens (tertiary/aromatic N) is 3. The second kappa shape index (κ2) is 1.98. The number of aromatic nitrogens is 3. The Balaban J connectivity index is 2.95. The van der Waals surface area contributed by atoms with Gasteiger partial charge >= 0.3 is 0 Å². The van der Waals surface area contributed by atoms with Crippen LogP contribution in [0.15, 0.2) is 29.6 Å². The zero-order chi connectivity index (χ0) is 6.97. The summed E-state index contributed by atoms with van der Waals surface area (Å²) in [5.74, 6) is 0. The molecule has 0 aliphatic heterocycles. The van der Waals surface area contributed by atoms with Crippen molar-refractivity contribution in [1.82, 2.24) is 14.6 Å². The van der Waals surface area contributed by atoms with Crippen LogP contribution in [0, 0.1) is 0 Å². The van der Waals surface area contributed by atoms with E-state index in [1.54, 1.807) is 4.52 Å². The zero-order valence-corrected chi connectivity index (χ0v) is 5.99. The SMILES string of the molecule is Sc1cccn2ncnc12. The Labute approximate surface area is 63.1 Å². The highest BCUT2D eigenvalue weighted by molar-refractivity contribution is 7.80. The number of pyridine rings is 1. The van der Waals surface area contributed by atoms with E-state index < -0.39 is 0 Å². The predicted octanol–water partition coefficient (Wildman–Crippen LogP) is 1.02. The molecule has 2 aromatic heterocycles. The second-order valence-electron chi connectivity index (χ2n) is 1.92. The smallest absolute Gasteiger partial charge is 0.168 e. The monoisotopic (exact) mass is 151 g/mol. The van der Waals surface area contributed by atoms with E-state index >= 15 is 0 Å². The van der Waals surface area contributed by atoms with Gasteiger partial charge in [0.1, 0.15) is 6.33 Å². The van der Waals surface area contributed by atoms with E-state index in [1.807, 2.05) is 18.3 Å². The number of hydrogen-bond donors (Lipinski definition) is 1. The number of rotatable bonds is 0. The largest absolute Gasteiger partial charge is 0.220 e. The van der Waals surface area contributed by atoms with Crippen molar-refractivity contribution in [2.75, 3.05) is 0 Å². The molecule has 0 atom stereocenters. The summed E-state index contributed by atoms with van der Waals surface area (Å²) in [6.07, 6.45) is 3.34. The van der Waals surface area contributed by atoms with Gasteiger partial charge in [-0.2, -0.15) is 5.10 Å². The lowest BCUT2D eigenvalue weighted by atomic mass is 10.5. The quantitative estimate of drug-likeness (QED) is 0.570. The fraction of sp³-hybridized carbons (Fsp3) is 0. The molecule has 4 heteroatoms. The van der Waals surface area contributed by atoms with Gasteiger partial charge in [-0.25, -0.2) is 9.50 Å². The summed E-state index contributed by atoms with van der Waals surface area (Å²) < 4.78 is 1.68. The van der Waals surface area contributed by atoms with Crippen LogP contribution in [0.5, 0.6) is 0 Å². The summed E-state index contributed by atoms with van der Waals surface area (Å²) >= 11 is 4.19. The Kier molecular flexibility index (Phi) is 1.14. The zero-order valence-electron chi connectivity index (χ0n) is 5.10. The molecule has 0 amide bonds. The van der Waals surface area contributed by atoms with Crippen LogP contribution < -0.4 is 0 Å². The van der Waals surface area contributed by atoms with Gasteiger partial charge in [-0.3, -0.25) is 0 Å². The third-order valence-electron chi connectivity index (χ3n) is 1.28. The molecule has 0 saturated heterocycles. The van der Waals surface area contributed by atoms with Crippen LogP contribution in [0.25, 0.3) is 5.65 Å². The van der Waals surface area contributed by atoms with E-state index in [0.717, 1.165) is 10.5 Å². The molecule has 0 saturated carbocycles. The van der Waals surface area contributed by atoms with Crippen LogP contribution in [-0.2, 0) is 0 Å². The minimum Gasteiger partial charge on any atom is -0.220 e. The molecule has 0 aliphatic rings. The molecule has 0 radical (unpaired) electrons. The molecular formula is C6H5N3S. The van der Waals surface area contributed by atoms with Gasteiger partial charge in [-0.05, 0) is 12.1 Å². The summed E-state index contributed by atoms with van der Waals surface area (Å²) in [4.78, 5) is 4.84. The highest BCUT2D eigenvalue weighted by atomic mass is 32.1. The maximum Gasteiger partial charge on any atom is 0.168 e. The van der Waals surface area contributed by atoms with Gasteiger partial charge in [0.05, 0.1) is 0 Å². The first-order chi connectivity index (χ1) is 4.88. The van der Waals surface area contributed by atoms with Gasteiger partial charge in [0.15, 0.2) is 5.65 Å². The summed E-state index contributed by atoms with van der Waals surface area (Å²) in [6.45, 7) is 0. The minimum atomic E-state index is 0.797. The van der Waals surface area contributed by atoms with Crippen molar-refractivity contribution in [2.45, 2.75) is 4.90 Å². The maximum atomic E-state index is 4.19. The molecule has 0 bridgehead atoms. The standard InChI is InChI=1S/C6H5N3S/c10-5-2-1-3-9-6(5)7-4-8-9/h1-4,10H. The third kappa shape index (κ3) is 0.690. The van der Waals surface area contributed by atoms with Crippen LogP contribution in [-0.4, -0.2) is 14.6 Å². The van der Waals surface area contributed by atoms with Crippen LogP contribution in [0.4, 0.5) is 0 Å². The van der Waals surface area contributed by atoms with E-state index in [1.165, 1.54) is 6.33 Å². The molecule has 2 heterocycles. The lowest BCUT2D eigenvalue weighted by Gasteiger charge is -1.91. The van der Waals surface area contributed by atoms with E-state index in [9.17, 15) is 0 Å². The van der Waals surface area contributed by atoms with E-state index in [2.05, 4.69) is 22.7 Å². The van der Waals surface area contributed by atoms with Crippen molar-refractivity contribution >= 4 is 18.3 Å². The lowest BCUT2D eigenvalue weighted by Crippen LogP contribution is -1.85. The molecule has 10 heavy (non-hydrogen) atoms. The average Bonchev–Trinajstić information content (AvgIpc) is 2.36.